The Hall–Kier alpha value is -0.700. The quantitative estimate of drug-likeness (QED) is 0.605. The van der Waals surface area contributed by atoms with E-state index in [1.165, 1.54) is 19.3 Å². The highest BCUT2D eigenvalue weighted by atomic mass is 79.9. The molecular weight excluding hydrogens is 254 g/mol. The smallest absolute Gasteiger partial charge is 0.184 e. The van der Waals surface area contributed by atoms with Gasteiger partial charge in [0.2, 0.25) is 0 Å². The van der Waals surface area contributed by atoms with Crippen LogP contribution in [-0.2, 0) is 0 Å². The van der Waals surface area contributed by atoms with Crippen molar-refractivity contribution in [3.63, 3.8) is 0 Å². The van der Waals surface area contributed by atoms with Gasteiger partial charge in [-0.2, -0.15) is 0 Å². The van der Waals surface area contributed by atoms with E-state index in [1.807, 2.05) is 18.2 Å². The number of carbonyl (C=O) groups excluding carboxylic acids is 1. The molecule has 0 spiro atoms. The molecule has 0 aliphatic heterocycles. The third-order valence-electron chi connectivity index (χ3n) is 2.94. The third kappa shape index (κ3) is 2.65. The van der Waals surface area contributed by atoms with E-state index < -0.39 is 0 Å². The molecule has 2 nitrogen and oxygen atoms in total. The summed E-state index contributed by atoms with van der Waals surface area (Å²) in [7, 11) is 0. The van der Waals surface area contributed by atoms with Crippen LogP contribution in [0, 0.1) is 5.92 Å². The van der Waals surface area contributed by atoms with Crippen molar-refractivity contribution in [1.82, 2.24) is 4.98 Å². The molecule has 3 heteroatoms. The highest BCUT2D eigenvalue weighted by Gasteiger charge is 2.23. The lowest BCUT2D eigenvalue weighted by Gasteiger charge is -2.19. The molecular formula is C12H14BrNO. The second-order valence-electron chi connectivity index (χ2n) is 4.04. The molecule has 1 saturated carbocycles. The van der Waals surface area contributed by atoms with Crippen LogP contribution in [0.2, 0.25) is 0 Å². The minimum Gasteiger partial charge on any atom is -0.292 e. The molecule has 0 bridgehead atoms. The number of aromatic nitrogens is 1. The monoisotopic (exact) mass is 267 g/mol. The summed E-state index contributed by atoms with van der Waals surface area (Å²) in [5.74, 6) is 0.427. The second kappa shape index (κ2) is 4.88. The van der Waals surface area contributed by atoms with Gasteiger partial charge in [-0.25, -0.2) is 4.98 Å². The summed E-state index contributed by atoms with van der Waals surface area (Å²) in [5.41, 5.74) is 0.608. The molecule has 2 rings (SSSR count). The van der Waals surface area contributed by atoms with Crippen molar-refractivity contribution in [1.29, 1.82) is 0 Å². The fourth-order valence-electron chi connectivity index (χ4n) is 2.12. The van der Waals surface area contributed by atoms with E-state index in [-0.39, 0.29) is 11.7 Å². The highest BCUT2D eigenvalue weighted by Crippen LogP contribution is 2.26. The first-order valence-electron chi connectivity index (χ1n) is 5.44. The summed E-state index contributed by atoms with van der Waals surface area (Å²) in [4.78, 5) is 16.3. The summed E-state index contributed by atoms with van der Waals surface area (Å²) in [6.07, 6.45) is 5.71. The average molecular weight is 268 g/mol. The number of hydrogen-bond acceptors (Lipinski definition) is 2. The van der Waals surface area contributed by atoms with E-state index in [2.05, 4.69) is 20.9 Å². The number of rotatable bonds is 2. The molecule has 80 valence electrons. The van der Waals surface area contributed by atoms with Gasteiger partial charge in [-0.3, -0.25) is 4.79 Å². The molecule has 0 radical (unpaired) electrons. The highest BCUT2D eigenvalue weighted by molar-refractivity contribution is 9.10. The normalized spacial score (nSPS) is 17.7. The number of carbonyl (C=O) groups is 1. The molecule has 1 aliphatic carbocycles. The Morgan fingerprint density at radius 1 is 1.27 bits per heavy atom. The van der Waals surface area contributed by atoms with Crippen LogP contribution in [0.15, 0.2) is 22.8 Å². The van der Waals surface area contributed by atoms with Gasteiger partial charge in [-0.1, -0.05) is 25.3 Å². The molecule has 15 heavy (non-hydrogen) atoms. The summed E-state index contributed by atoms with van der Waals surface area (Å²) < 4.78 is 0.740. The molecule has 0 amide bonds. The van der Waals surface area contributed by atoms with Crippen LogP contribution in [-0.4, -0.2) is 10.8 Å². The first-order chi connectivity index (χ1) is 7.27. The van der Waals surface area contributed by atoms with Crippen LogP contribution in [0.25, 0.3) is 0 Å². The van der Waals surface area contributed by atoms with E-state index >= 15 is 0 Å². The molecule has 1 aromatic rings. The lowest BCUT2D eigenvalue weighted by atomic mass is 9.85. The van der Waals surface area contributed by atoms with E-state index in [4.69, 9.17) is 0 Å². The fraction of sp³-hybridized carbons (Fsp3) is 0.500. The first kappa shape index (κ1) is 10.8. The van der Waals surface area contributed by atoms with Gasteiger partial charge in [0.1, 0.15) is 10.3 Å². The third-order valence-corrected chi connectivity index (χ3v) is 3.39. The van der Waals surface area contributed by atoms with Crippen LogP contribution in [0.3, 0.4) is 0 Å². The van der Waals surface area contributed by atoms with Gasteiger partial charge < -0.3 is 0 Å². The molecule has 0 aromatic carbocycles. The van der Waals surface area contributed by atoms with Crippen LogP contribution in [0.1, 0.15) is 42.6 Å². The molecule has 0 N–H and O–H groups in total. The van der Waals surface area contributed by atoms with E-state index in [9.17, 15) is 4.79 Å². The van der Waals surface area contributed by atoms with Gasteiger partial charge in [-0.15, -0.1) is 0 Å². The molecule has 1 heterocycles. The molecule has 1 fully saturated rings. The fourth-order valence-corrected chi connectivity index (χ4v) is 2.46. The number of nitrogens with zero attached hydrogens (tertiary/aromatic N) is 1. The van der Waals surface area contributed by atoms with Gasteiger partial charge in [0.05, 0.1) is 0 Å². The van der Waals surface area contributed by atoms with E-state index in [0.717, 1.165) is 17.4 Å². The number of ketones is 1. The lowest BCUT2D eigenvalue weighted by Crippen LogP contribution is -2.18. The zero-order valence-corrected chi connectivity index (χ0v) is 10.2. The predicted octanol–water partition coefficient (Wildman–Crippen LogP) is 3.61. The van der Waals surface area contributed by atoms with E-state index in [0.29, 0.717) is 5.69 Å². The summed E-state index contributed by atoms with van der Waals surface area (Å²) in [5, 5.41) is 0. The van der Waals surface area contributed by atoms with Crippen LogP contribution >= 0.6 is 15.9 Å². The van der Waals surface area contributed by atoms with Crippen molar-refractivity contribution in [2.24, 2.45) is 5.92 Å². The summed E-state index contributed by atoms with van der Waals surface area (Å²) >= 11 is 3.29. The SMILES string of the molecule is O=C(c1cccc(Br)n1)C1CCCCC1. The van der Waals surface area contributed by atoms with Crippen LogP contribution < -0.4 is 0 Å². The van der Waals surface area contributed by atoms with Gasteiger partial charge >= 0.3 is 0 Å². The van der Waals surface area contributed by atoms with Crippen molar-refractivity contribution in [2.45, 2.75) is 32.1 Å². The van der Waals surface area contributed by atoms with Crippen molar-refractivity contribution in [3.05, 3.63) is 28.5 Å². The maximum Gasteiger partial charge on any atom is 0.184 e. The van der Waals surface area contributed by atoms with Crippen molar-refractivity contribution < 1.29 is 4.79 Å². The Balaban J connectivity index is 2.12. The van der Waals surface area contributed by atoms with Gasteiger partial charge in [0, 0.05) is 5.92 Å². The van der Waals surface area contributed by atoms with Crippen molar-refractivity contribution >= 4 is 21.7 Å². The van der Waals surface area contributed by atoms with Gasteiger partial charge in [0.15, 0.2) is 5.78 Å². The average Bonchev–Trinajstić information content (AvgIpc) is 2.29. The van der Waals surface area contributed by atoms with Gasteiger partial charge in [-0.05, 0) is 40.9 Å². The number of hydrogen-bond donors (Lipinski definition) is 0. The molecule has 1 aliphatic rings. The Kier molecular flexibility index (Phi) is 3.52. The standard InChI is InChI=1S/C12H14BrNO/c13-11-8-4-7-10(14-11)12(15)9-5-2-1-3-6-9/h4,7-9H,1-3,5-6H2. The summed E-state index contributed by atoms with van der Waals surface area (Å²) in [6, 6.07) is 5.52. The number of halogens is 1. The largest absolute Gasteiger partial charge is 0.292 e. The number of Topliss-reactive ketones (excluding diaryl/α,β-unsaturated/α-hetero) is 1. The Morgan fingerprint density at radius 3 is 2.67 bits per heavy atom. The predicted molar refractivity (Wildman–Crippen MR) is 62.8 cm³/mol. The Morgan fingerprint density at radius 2 is 2.00 bits per heavy atom. The molecule has 1 aromatic heterocycles. The Labute approximate surface area is 98.2 Å². The molecule has 0 unspecified atom stereocenters. The zero-order chi connectivity index (χ0) is 10.7. The lowest BCUT2D eigenvalue weighted by molar-refractivity contribution is 0.0884. The van der Waals surface area contributed by atoms with Crippen molar-refractivity contribution in [2.75, 3.05) is 0 Å². The molecule has 0 saturated heterocycles. The maximum absolute atomic E-state index is 12.1. The molecule has 0 atom stereocenters. The van der Waals surface area contributed by atoms with E-state index in [1.54, 1.807) is 0 Å². The maximum atomic E-state index is 12.1. The van der Waals surface area contributed by atoms with Crippen LogP contribution in [0.4, 0.5) is 0 Å². The minimum absolute atomic E-state index is 0.209. The first-order valence-corrected chi connectivity index (χ1v) is 6.23. The van der Waals surface area contributed by atoms with Gasteiger partial charge in [0.25, 0.3) is 0 Å². The Bertz CT molecular complexity index is 358. The minimum atomic E-state index is 0.209. The number of pyridine rings is 1. The second-order valence-corrected chi connectivity index (χ2v) is 4.86. The van der Waals surface area contributed by atoms with Crippen molar-refractivity contribution in [3.8, 4) is 0 Å². The summed E-state index contributed by atoms with van der Waals surface area (Å²) in [6.45, 7) is 0. The topological polar surface area (TPSA) is 30.0 Å². The zero-order valence-electron chi connectivity index (χ0n) is 8.58. The van der Waals surface area contributed by atoms with Crippen LogP contribution in [0.5, 0.6) is 0 Å².